The van der Waals surface area contributed by atoms with Crippen molar-refractivity contribution in [2.45, 2.75) is 13.3 Å². The number of para-hydroxylation sites is 1. The minimum atomic E-state index is -0.313. The Bertz CT molecular complexity index is 979. The Balaban J connectivity index is 0.00000300. The molecule has 3 aromatic rings. The van der Waals surface area contributed by atoms with Crippen LogP contribution in [-0.4, -0.2) is 23.1 Å². The highest BCUT2D eigenvalue weighted by Gasteiger charge is 2.15. The first-order chi connectivity index (χ1) is 13.6. The lowest BCUT2D eigenvalue weighted by Crippen LogP contribution is -2.34. The Morgan fingerprint density at radius 3 is 2.34 bits per heavy atom. The van der Waals surface area contributed by atoms with Crippen LogP contribution in [0.25, 0.3) is 0 Å². The zero-order chi connectivity index (χ0) is 19.9. The van der Waals surface area contributed by atoms with E-state index in [1.165, 1.54) is 11.1 Å². The number of carbonyl (C=O) groups excluding carboxylic acids is 1. The molecule has 29 heavy (non-hydrogen) atoms. The van der Waals surface area contributed by atoms with E-state index < -0.39 is 0 Å². The number of nitrogens with one attached hydrogen (secondary N) is 2. The summed E-state index contributed by atoms with van der Waals surface area (Å²) in [4.78, 5) is 16.5. The number of carbonyl (C=O) groups is 1. The Hall–Kier alpha value is -2.96. The molecule has 0 unspecified atom stereocenters. The predicted molar refractivity (Wildman–Crippen MR) is 122 cm³/mol. The Kier molecular flexibility index (Phi) is 8.12. The summed E-state index contributed by atoms with van der Waals surface area (Å²) in [5.41, 5.74) is 4.51. The van der Waals surface area contributed by atoms with Gasteiger partial charge >= 0.3 is 0 Å². The SMILES string of the molecule is COc1c(C)cccc1C(=O)NC(=S)Nc1ccc(Cc2ccncc2)cc1.Cl. The standard InChI is InChI=1S/C22H21N3O2S.ClH/c1-15-4-3-5-19(20(15)27-2)21(26)25-22(28)24-18-8-6-16(7-9-18)14-17-10-12-23-13-11-17;/h3-13H,14H2,1-2H3,(H2,24,25,26,28);1H. The summed E-state index contributed by atoms with van der Waals surface area (Å²) < 4.78 is 5.33. The molecular weight excluding hydrogens is 406 g/mol. The number of halogens is 1. The first-order valence-corrected chi connectivity index (χ1v) is 9.21. The molecule has 0 fully saturated rings. The third-order valence-corrected chi connectivity index (χ3v) is 4.46. The lowest BCUT2D eigenvalue weighted by Gasteiger charge is -2.13. The number of pyridine rings is 1. The zero-order valence-electron chi connectivity index (χ0n) is 16.1. The normalized spacial score (nSPS) is 9.86. The first-order valence-electron chi connectivity index (χ1n) is 8.80. The summed E-state index contributed by atoms with van der Waals surface area (Å²) in [5, 5.41) is 5.96. The maximum absolute atomic E-state index is 12.5. The van der Waals surface area contributed by atoms with Crippen LogP contribution in [0, 0.1) is 6.92 Å². The molecule has 7 heteroatoms. The predicted octanol–water partition coefficient (Wildman–Crippen LogP) is 4.54. The van der Waals surface area contributed by atoms with Crippen molar-refractivity contribution in [1.82, 2.24) is 10.3 Å². The van der Waals surface area contributed by atoms with Crippen LogP contribution >= 0.6 is 24.6 Å². The van der Waals surface area contributed by atoms with E-state index in [9.17, 15) is 4.79 Å². The molecule has 0 aliphatic heterocycles. The smallest absolute Gasteiger partial charge is 0.261 e. The number of ether oxygens (including phenoxy) is 1. The van der Waals surface area contributed by atoms with Gasteiger partial charge in [0.25, 0.3) is 5.91 Å². The number of anilines is 1. The molecule has 0 atom stereocenters. The van der Waals surface area contributed by atoms with Gasteiger partial charge in [-0.05, 0) is 72.6 Å². The maximum atomic E-state index is 12.5. The Morgan fingerprint density at radius 1 is 1.03 bits per heavy atom. The summed E-state index contributed by atoms with van der Waals surface area (Å²) in [6.45, 7) is 1.89. The van der Waals surface area contributed by atoms with E-state index in [4.69, 9.17) is 17.0 Å². The van der Waals surface area contributed by atoms with Gasteiger partial charge in [-0.15, -0.1) is 12.4 Å². The van der Waals surface area contributed by atoms with Gasteiger partial charge in [-0.25, -0.2) is 0 Å². The van der Waals surface area contributed by atoms with Crippen molar-refractivity contribution in [3.05, 3.63) is 89.2 Å². The van der Waals surface area contributed by atoms with E-state index in [2.05, 4.69) is 15.6 Å². The molecule has 0 saturated carbocycles. The van der Waals surface area contributed by atoms with E-state index in [1.807, 2.05) is 55.5 Å². The van der Waals surface area contributed by atoms with Crippen LogP contribution in [0.4, 0.5) is 5.69 Å². The van der Waals surface area contributed by atoms with E-state index in [0.717, 1.165) is 17.7 Å². The van der Waals surface area contributed by atoms with Gasteiger partial charge in [0, 0.05) is 18.1 Å². The van der Waals surface area contributed by atoms with Crippen molar-refractivity contribution in [3.63, 3.8) is 0 Å². The van der Waals surface area contributed by atoms with Crippen LogP contribution in [0.2, 0.25) is 0 Å². The molecule has 0 saturated heterocycles. The topological polar surface area (TPSA) is 63.2 Å². The molecular formula is C22H22ClN3O2S. The van der Waals surface area contributed by atoms with Gasteiger partial charge in [0.05, 0.1) is 12.7 Å². The van der Waals surface area contributed by atoms with Crippen LogP contribution < -0.4 is 15.4 Å². The molecule has 150 valence electrons. The second-order valence-electron chi connectivity index (χ2n) is 6.29. The average Bonchev–Trinajstić information content (AvgIpc) is 2.70. The second-order valence-corrected chi connectivity index (χ2v) is 6.70. The molecule has 1 aromatic heterocycles. The molecule has 2 aromatic carbocycles. The van der Waals surface area contributed by atoms with Gasteiger partial charge < -0.3 is 10.1 Å². The van der Waals surface area contributed by atoms with Crippen LogP contribution in [0.3, 0.4) is 0 Å². The number of amides is 1. The number of methoxy groups -OCH3 is 1. The van der Waals surface area contributed by atoms with Crippen molar-refractivity contribution in [2.75, 3.05) is 12.4 Å². The Labute approximate surface area is 181 Å². The van der Waals surface area contributed by atoms with Crippen LogP contribution in [0.5, 0.6) is 5.75 Å². The van der Waals surface area contributed by atoms with Gasteiger partial charge in [0.1, 0.15) is 5.75 Å². The first kappa shape index (κ1) is 22.3. The van der Waals surface area contributed by atoms with Crippen molar-refractivity contribution in [1.29, 1.82) is 0 Å². The minimum absolute atomic E-state index is 0. The van der Waals surface area contributed by atoms with E-state index >= 15 is 0 Å². The molecule has 1 amide bonds. The third kappa shape index (κ3) is 6.01. The van der Waals surface area contributed by atoms with E-state index in [0.29, 0.717) is 11.3 Å². The molecule has 0 spiro atoms. The van der Waals surface area contributed by atoms with E-state index in [-0.39, 0.29) is 23.4 Å². The van der Waals surface area contributed by atoms with Crippen molar-refractivity contribution < 1.29 is 9.53 Å². The Morgan fingerprint density at radius 2 is 1.69 bits per heavy atom. The largest absolute Gasteiger partial charge is 0.496 e. The quantitative estimate of drug-likeness (QED) is 0.585. The number of benzene rings is 2. The van der Waals surface area contributed by atoms with Crippen molar-refractivity contribution in [3.8, 4) is 5.75 Å². The molecule has 3 rings (SSSR count). The van der Waals surface area contributed by atoms with Crippen LogP contribution in [-0.2, 0) is 6.42 Å². The fraction of sp³-hybridized carbons (Fsp3) is 0.136. The summed E-state index contributed by atoms with van der Waals surface area (Å²) in [5.74, 6) is 0.232. The molecule has 0 aliphatic carbocycles. The number of aryl methyl sites for hydroxylation is 1. The number of rotatable bonds is 5. The molecule has 1 heterocycles. The molecule has 0 bridgehead atoms. The van der Waals surface area contributed by atoms with Gasteiger partial charge in [-0.3, -0.25) is 15.1 Å². The van der Waals surface area contributed by atoms with Gasteiger partial charge in [0.2, 0.25) is 0 Å². The highest BCUT2D eigenvalue weighted by molar-refractivity contribution is 7.80. The van der Waals surface area contributed by atoms with Crippen molar-refractivity contribution >= 4 is 41.3 Å². The minimum Gasteiger partial charge on any atom is -0.496 e. The van der Waals surface area contributed by atoms with Crippen LogP contribution in [0.1, 0.15) is 27.0 Å². The lowest BCUT2D eigenvalue weighted by molar-refractivity contribution is 0.0974. The number of hydrogen-bond donors (Lipinski definition) is 2. The van der Waals surface area contributed by atoms with Gasteiger partial charge in [-0.2, -0.15) is 0 Å². The summed E-state index contributed by atoms with van der Waals surface area (Å²) in [6, 6.07) is 17.3. The monoisotopic (exact) mass is 427 g/mol. The fourth-order valence-electron chi connectivity index (χ4n) is 2.88. The lowest BCUT2D eigenvalue weighted by atomic mass is 10.1. The maximum Gasteiger partial charge on any atom is 0.261 e. The zero-order valence-corrected chi connectivity index (χ0v) is 17.8. The number of thiocarbonyl (C=S) groups is 1. The molecule has 0 radical (unpaired) electrons. The van der Waals surface area contributed by atoms with Gasteiger partial charge in [0.15, 0.2) is 5.11 Å². The fourth-order valence-corrected chi connectivity index (χ4v) is 3.09. The highest BCUT2D eigenvalue weighted by atomic mass is 35.5. The molecule has 5 nitrogen and oxygen atoms in total. The van der Waals surface area contributed by atoms with Crippen molar-refractivity contribution in [2.24, 2.45) is 0 Å². The summed E-state index contributed by atoms with van der Waals surface area (Å²) in [6.07, 6.45) is 4.41. The molecule has 0 aliphatic rings. The summed E-state index contributed by atoms with van der Waals surface area (Å²) in [7, 11) is 1.54. The van der Waals surface area contributed by atoms with E-state index in [1.54, 1.807) is 25.6 Å². The average molecular weight is 428 g/mol. The summed E-state index contributed by atoms with van der Waals surface area (Å²) >= 11 is 5.27. The number of nitrogens with zero attached hydrogens (tertiary/aromatic N) is 1. The molecule has 2 N–H and O–H groups in total. The second kappa shape index (κ2) is 10.5. The highest BCUT2D eigenvalue weighted by Crippen LogP contribution is 2.22. The van der Waals surface area contributed by atoms with Gasteiger partial charge in [-0.1, -0.05) is 24.3 Å². The third-order valence-electron chi connectivity index (χ3n) is 4.26. The van der Waals surface area contributed by atoms with Crippen LogP contribution in [0.15, 0.2) is 67.0 Å². The number of aromatic nitrogens is 1. The number of hydrogen-bond acceptors (Lipinski definition) is 4.